The van der Waals surface area contributed by atoms with Crippen molar-refractivity contribution in [3.05, 3.63) is 42.2 Å². The molecule has 2 aromatic rings. The number of nitrogens with zero attached hydrogens (tertiary/aromatic N) is 2. The maximum Gasteiger partial charge on any atom is 0.275 e. The number of halogens is 1. The maximum absolute atomic E-state index is 12.6. The SMILES string of the molecule is CCCOc1cn(-c2ccccc2)nc1C(=O)N[C@H]1CCCNC1.Cl. The third-order valence-electron chi connectivity index (χ3n) is 4.01. The summed E-state index contributed by atoms with van der Waals surface area (Å²) in [5, 5.41) is 10.8. The molecule has 1 fully saturated rings. The molecule has 25 heavy (non-hydrogen) atoms. The lowest BCUT2D eigenvalue weighted by molar-refractivity contribution is 0.0921. The zero-order valence-corrected chi connectivity index (χ0v) is 15.2. The summed E-state index contributed by atoms with van der Waals surface area (Å²) in [6, 6.07) is 9.87. The van der Waals surface area contributed by atoms with Crippen molar-refractivity contribution >= 4 is 18.3 Å². The molecule has 1 amide bonds. The van der Waals surface area contributed by atoms with Crippen LogP contribution in [0.1, 0.15) is 36.7 Å². The summed E-state index contributed by atoms with van der Waals surface area (Å²) in [6.07, 6.45) is 4.72. The monoisotopic (exact) mass is 364 g/mol. The normalized spacial score (nSPS) is 16.8. The van der Waals surface area contributed by atoms with Gasteiger partial charge >= 0.3 is 0 Å². The van der Waals surface area contributed by atoms with E-state index in [0.29, 0.717) is 18.1 Å². The van der Waals surface area contributed by atoms with Gasteiger partial charge < -0.3 is 15.4 Å². The average molecular weight is 365 g/mol. The van der Waals surface area contributed by atoms with Crippen molar-refractivity contribution in [2.24, 2.45) is 0 Å². The Hall–Kier alpha value is -2.05. The van der Waals surface area contributed by atoms with Crippen molar-refractivity contribution in [2.45, 2.75) is 32.2 Å². The Morgan fingerprint density at radius 3 is 2.88 bits per heavy atom. The highest BCUT2D eigenvalue weighted by Gasteiger charge is 2.22. The van der Waals surface area contributed by atoms with Gasteiger partial charge in [0.05, 0.1) is 18.5 Å². The fraction of sp³-hybridized carbons (Fsp3) is 0.444. The smallest absolute Gasteiger partial charge is 0.275 e. The average Bonchev–Trinajstić information content (AvgIpc) is 3.06. The standard InChI is InChI=1S/C18H24N4O2.ClH/c1-2-11-24-16-13-22(15-8-4-3-5-9-15)21-17(16)18(23)20-14-7-6-10-19-12-14;/h3-5,8-9,13-14,19H,2,6-7,10-12H2,1H3,(H,20,23);1H/t14-;/m0./s1. The summed E-state index contributed by atoms with van der Waals surface area (Å²) in [5.41, 5.74) is 1.25. The number of hydrogen-bond acceptors (Lipinski definition) is 4. The summed E-state index contributed by atoms with van der Waals surface area (Å²) >= 11 is 0. The number of benzene rings is 1. The predicted octanol–water partition coefficient (Wildman–Crippen LogP) is 2.56. The minimum absolute atomic E-state index is 0. The van der Waals surface area contributed by atoms with Gasteiger partial charge in [-0.15, -0.1) is 12.4 Å². The third-order valence-corrected chi connectivity index (χ3v) is 4.01. The van der Waals surface area contributed by atoms with E-state index in [0.717, 1.165) is 38.0 Å². The van der Waals surface area contributed by atoms with Crippen molar-refractivity contribution in [1.82, 2.24) is 20.4 Å². The molecular formula is C18H25ClN4O2. The fourth-order valence-electron chi connectivity index (χ4n) is 2.77. The number of rotatable bonds is 6. The van der Waals surface area contributed by atoms with Crippen LogP contribution in [0.2, 0.25) is 0 Å². The second-order valence-electron chi connectivity index (χ2n) is 5.99. The molecule has 6 nitrogen and oxygen atoms in total. The van der Waals surface area contributed by atoms with Gasteiger partial charge in [-0.3, -0.25) is 4.79 Å². The van der Waals surface area contributed by atoms with Gasteiger partial charge in [0.15, 0.2) is 11.4 Å². The van der Waals surface area contributed by atoms with E-state index in [2.05, 4.69) is 15.7 Å². The molecule has 1 aromatic carbocycles. The third kappa shape index (κ3) is 4.96. The van der Waals surface area contributed by atoms with E-state index in [9.17, 15) is 4.79 Å². The Kier molecular flexibility index (Phi) is 7.28. The minimum atomic E-state index is -0.176. The number of amides is 1. The largest absolute Gasteiger partial charge is 0.489 e. The van der Waals surface area contributed by atoms with Gasteiger partial charge in [-0.05, 0) is 37.9 Å². The first-order valence-corrected chi connectivity index (χ1v) is 8.57. The Bertz CT molecular complexity index is 669. The molecule has 2 N–H and O–H groups in total. The summed E-state index contributed by atoms with van der Waals surface area (Å²) < 4.78 is 7.43. The molecule has 1 aromatic heterocycles. The molecule has 7 heteroatoms. The predicted molar refractivity (Wildman–Crippen MR) is 100.0 cm³/mol. The zero-order valence-electron chi connectivity index (χ0n) is 14.4. The van der Waals surface area contributed by atoms with Crippen LogP contribution < -0.4 is 15.4 Å². The molecular weight excluding hydrogens is 340 g/mol. The number of hydrogen-bond donors (Lipinski definition) is 2. The minimum Gasteiger partial charge on any atom is -0.489 e. The van der Waals surface area contributed by atoms with Gasteiger partial charge in [0, 0.05) is 12.6 Å². The number of carbonyl (C=O) groups is 1. The van der Waals surface area contributed by atoms with Crippen LogP contribution in [-0.4, -0.2) is 41.4 Å². The van der Waals surface area contributed by atoms with Crippen molar-refractivity contribution in [3.8, 4) is 11.4 Å². The van der Waals surface area contributed by atoms with Crippen LogP contribution in [0.25, 0.3) is 5.69 Å². The van der Waals surface area contributed by atoms with Crippen molar-refractivity contribution < 1.29 is 9.53 Å². The molecule has 2 heterocycles. The van der Waals surface area contributed by atoms with E-state index in [4.69, 9.17) is 4.74 Å². The molecule has 0 spiro atoms. The number of para-hydroxylation sites is 1. The highest BCUT2D eigenvalue weighted by molar-refractivity contribution is 5.95. The molecule has 1 aliphatic rings. The van der Waals surface area contributed by atoms with Gasteiger partial charge in [0.1, 0.15) is 0 Å². The van der Waals surface area contributed by atoms with Gasteiger partial charge in [0.25, 0.3) is 5.91 Å². The van der Waals surface area contributed by atoms with E-state index >= 15 is 0 Å². The highest BCUT2D eigenvalue weighted by Crippen LogP contribution is 2.20. The van der Waals surface area contributed by atoms with E-state index in [1.54, 1.807) is 10.9 Å². The van der Waals surface area contributed by atoms with E-state index < -0.39 is 0 Å². The van der Waals surface area contributed by atoms with Gasteiger partial charge in [-0.25, -0.2) is 4.68 Å². The van der Waals surface area contributed by atoms with Gasteiger partial charge in [-0.1, -0.05) is 25.1 Å². The molecule has 3 rings (SSSR count). The molecule has 1 aliphatic heterocycles. The lowest BCUT2D eigenvalue weighted by Crippen LogP contribution is -2.45. The topological polar surface area (TPSA) is 68.2 Å². The van der Waals surface area contributed by atoms with Crippen molar-refractivity contribution in [3.63, 3.8) is 0 Å². The highest BCUT2D eigenvalue weighted by atomic mass is 35.5. The van der Waals surface area contributed by atoms with Crippen LogP contribution >= 0.6 is 12.4 Å². The zero-order chi connectivity index (χ0) is 16.8. The Balaban J connectivity index is 0.00000225. The first-order valence-electron chi connectivity index (χ1n) is 8.57. The Morgan fingerprint density at radius 1 is 1.40 bits per heavy atom. The summed E-state index contributed by atoms with van der Waals surface area (Å²) in [6.45, 7) is 4.41. The van der Waals surface area contributed by atoms with Crippen molar-refractivity contribution in [2.75, 3.05) is 19.7 Å². The van der Waals surface area contributed by atoms with E-state index in [-0.39, 0.29) is 24.4 Å². The van der Waals surface area contributed by atoms with Crippen molar-refractivity contribution in [1.29, 1.82) is 0 Å². The molecule has 0 radical (unpaired) electrons. The Labute approximate surface area is 154 Å². The summed E-state index contributed by atoms with van der Waals surface area (Å²) in [4.78, 5) is 12.6. The van der Waals surface area contributed by atoms with Crippen LogP contribution in [0.15, 0.2) is 36.5 Å². The first kappa shape index (κ1) is 19.3. The van der Waals surface area contributed by atoms with Crippen LogP contribution in [-0.2, 0) is 0 Å². The van der Waals surface area contributed by atoms with E-state index in [1.165, 1.54) is 0 Å². The quantitative estimate of drug-likeness (QED) is 0.826. The lowest BCUT2D eigenvalue weighted by atomic mass is 10.1. The molecule has 0 bridgehead atoms. The fourth-order valence-corrected chi connectivity index (χ4v) is 2.77. The molecule has 0 unspecified atom stereocenters. The molecule has 1 saturated heterocycles. The van der Waals surface area contributed by atoms with Crippen LogP contribution in [0.4, 0.5) is 0 Å². The second-order valence-corrected chi connectivity index (χ2v) is 5.99. The molecule has 136 valence electrons. The number of carbonyl (C=O) groups excluding carboxylic acids is 1. The molecule has 1 atom stereocenters. The first-order chi connectivity index (χ1) is 11.8. The number of ether oxygens (including phenoxy) is 1. The number of nitrogens with one attached hydrogen (secondary N) is 2. The summed E-state index contributed by atoms with van der Waals surface area (Å²) in [5.74, 6) is 0.353. The summed E-state index contributed by atoms with van der Waals surface area (Å²) in [7, 11) is 0. The van der Waals surface area contributed by atoms with Crippen LogP contribution in [0.5, 0.6) is 5.75 Å². The lowest BCUT2D eigenvalue weighted by Gasteiger charge is -2.23. The maximum atomic E-state index is 12.6. The Morgan fingerprint density at radius 2 is 2.20 bits per heavy atom. The van der Waals surface area contributed by atoms with Gasteiger partial charge in [0.2, 0.25) is 0 Å². The number of aromatic nitrogens is 2. The second kappa shape index (κ2) is 9.44. The van der Waals surface area contributed by atoms with E-state index in [1.807, 2.05) is 37.3 Å². The molecule has 0 saturated carbocycles. The number of piperidine rings is 1. The van der Waals surface area contributed by atoms with Crippen LogP contribution in [0.3, 0.4) is 0 Å². The van der Waals surface area contributed by atoms with Gasteiger partial charge in [-0.2, -0.15) is 5.10 Å². The molecule has 0 aliphatic carbocycles. The van der Waals surface area contributed by atoms with Crippen LogP contribution in [0, 0.1) is 0 Å².